The summed E-state index contributed by atoms with van der Waals surface area (Å²) in [4.78, 5) is 10.1. The lowest BCUT2D eigenvalue weighted by atomic mass is 9.91. The van der Waals surface area contributed by atoms with Crippen LogP contribution in [0.5, 0.6) is 0 Å². The molecule has 0 aliphatic carbocycles. The molecule has 0 radical (unpaired) electrons. The van der Waals surface area contributed by atoms with Crippen LogP contribution in [0.2, 0.25) is 0 Å². The van der Waals surface area contributed by atoms with Gasteiger partial charge < -0.3 is 8.83 Å². The van der Waals surface area contributed by atoms with Crippen LogP contribution in [0.4, 0.5) is 0 Å². The SMILES string of the molecule is c1ccc(-c2nc(-c3ccccc3)c3oc4cc(-c5ccc6c(c5)oc5cccc(-c7ccc8c9ccccc9c9ccccc9c8c7)c56)ccc4c3n2)cc1. The van der Waals surface area contributed by atoms with Crippen LogP contribution in [0.3, 0.4) is 0 Å². The normalized spacial score (nSPS) is 11.9. The minimum absolute atomic E-state index is 0.670. The van der Waals surface area contributed by atoms with Crippen LogP contribution in [0, 0.1) is 0 Å². The summed E-state index contributed by atoms with van der Waals surface area (Å²) in [5.74, 6) is 0.670. The lowest BCUT2D eigenvalue weighted by Gasteiger charge is -2.12. The van der Waals surface area contributed by atoms with Crippen molar-refractivity contribution in [1.82, 2.24) is 9.97 Å². The van der Waals surface area contributed by atoms with Crippen LogP contribution in [-0.2, 0) is 0 Å². The summed E-state index contributed by atoms with van der Waals surface area (Å²) >= 11 is 0. The Bertz CT molecular complexity index is 3490. The average molecular weight is 715 g/mol. The van der Waals surface area contributed by atoms with Crippen LogP contribution < -0.4 is 0 Å². The number of rotatable bonds is 4. The van der Waals surface area contributed by atoms with Gasteiger partial charge in [0.2, 0.25) is 0 Å². The molecule has 56 heavy (non-hydrogen) atoms. The fourth-order valence-electron chi connectivity index (χ4n) is 8.65. The Morgan fingerprint density at radius 2 is 0.875 bits per heavy atom. The number of hydrogen-bond acceptors (Lipinski definition) is 4. The first-order chi connectivity index (χ1) is 27.7. The largest absolute Gasteiger partial charge is 0.456 e. The molecule has 0 spiro atoms. The smallest absolute Gasteiger partial charge is 0.180 e. The van der Waals surface area contributed by atoms with Crippen LogP contribution in [0.1, 0.15) is 0 Å². The van der Waals surface area contributed by atoms with E-state index in [9.17, 15) is 0 Å². The van der Waals surface area contributed by atoms with Crippen molar-refractivity contribution < 1.29 is 8.83 Å². The standard InChI is InChI=1S/C52H30N2O2/c1-3-12-31(13-4-1)49-51-50(54-52(53-49)32-14-5-2-6-15-32)43-27-23-34(30-47(43)56-51)33-22-26-42-46(29-33)55-45-21-11-20-36(48(42)45)35-24-25-41-39-18-8-7-16-37(39)38-17-9-10-19-40(38)44(41)28-35/h1-30H. The van der Waals surface area contributed by atoms with Crippen LogP contribution in [0.15, 0.2) is 191 Å². The maximum Gasteiger partial charge on any atom is 0.180 e. The molecule has 0 amide bonds. The average Bonchev–Trinajstić information content (AvgIpc) is 3.84. The van der Waals surface area contributed by atoms with Crippen molar-refractivity contribution in [2.75, 3.05) is 0 Å². The molecule has 12 rings (SSSR count). The predicted octanol–water partition coefficient (Wildman–Crippen LogP) is 14.4. The minimum atomic E-state index is 0.670. The highest BCUT2D eigenvalue weighted by Gasteiger charge is 2.20. The minimum Gasteiger partial charge on any atom is -0.456 e. The van der Waals surface area contributed by atoms with Crippen molar-refractivity contribution in [2.24, 2.45) is 0 Å². The van der Waals surface area contributed by atoms with E-state index in [0.717, 1.165) is 71.9 Å². The van der Waals surface area contributed by atoms with Gasteiger partial charge in [0.1, 0.15) is 28.0 Å². The van der Waals surface area contributed by atoms with E-state index in [1.54, 1.807) is 0 Å². The third-order valence-corrected chi connectivity index (χ3v) is 11.3. The number of furan rings is 2. The molecule has 12 aromatic rings. The van der Waals surface area contributed by atoms with Gasteiger partial charge in [-0.3, -0.25) is 0 Å². The van der Waals surface area contributed by atoms with Crippen molar-refractivity contribution in [1.29, 1.82) is 0 Å². The van der Waals surface area contributed by atoms with E-state index in [2.05, 4.69) is 133 Å². The van der Waals surface area contributed by atoms with Crippen LogP contribution in [0.25, 0.3) is 121 Å². The molecule has 260 valence electrons. The number of aromatic nitrogens is 2. The van der Waals surface area contributed by atoms with Crippen LogP contribution >= 0.6 is 0 Å². The molecule has 0 saturated carbocycles. The van der Waals surface area contributed by atoms with E-state index < -0.39 is 0 Å². The Hall–Kier alpha value is -7.56. The van der Waals surface area contributed by atoms with Gasteiger partial charge in [0.05, 0.1) is 0 Å². The molecule has 0 bridgehead atoms. The van der Waals surface area contributed by atoms with Gasteiger partial charge in [-0.25, -0.2) is 9.97 Å². The Kier molecular flexibility index (Phi) is 6.60. The number of fused-ring (bicyclic) bond motifs is 12. The highest BCUT2D eigenvalue weighted by molar-refractivity contribution is 6.26. The molecule has 0 saturated heterocycles. The molecule has 3 heterocycles. The summed E-state index contributed by atoms with van der Waals surface area (Å²) in [6.07, 6.45) is 0. The van der Waals surface area contributed by atoms with E-state index in [0.29, 0.717) is 11.4 Å². The molecule has 3 aromatic heterocycles. The number of nitrogens with zero attached hydrogens (tertiary/aromatic N) is 2. The Labute approximate surface area is 320 Å². The highest BCUT2D eigenvalue weighted by Crippen LogP contribution is 2.42. The molecule has 0 fully saturated rings. The Morgan fingerprint density at radius 1 is 0.321 bits per heavy atom. The zero-order valence-corrected chi connectivity index (χ0v) is 30.0. The fourth-order valence-corrected chi connectivity index (χ4v) is 8.65. The summed E-state index contributed by atoms with van der Waals surface area (Å²) in [5.41, 5.74) is 11.1. The Morgan fingerprint density at radius 3 is 1.57 bits per heavy atom. The first-order valence-corrected chi connectivity index (χ1v) is 18.9. The number of benzene rings is 9. The maximum atomic E-state index is 6.62. The molecule has 4 nitrogen and oxygen atoms in total. The van der Waals surface area contributed by atoms with Gasteiger partial charge in [-0.1, -0.05) is 146 Å². The molecule has 0 aliphatic rings. The van der Waals surface area contributed by atoms with E-state index in [1.807, 2.05) is 48.5 Å². The fraction of sp³-hybridized carbons (Fsp3) is 0. The second-order valence-corrected chi connectivity index (χ2v) is 14.5. The molecule has 0 aliphatic heterocycles. The van der Waals surface area contributed by atoms with Gasteiger partial charge in [-0.15, -0.1) is 0 Å². The molecule has 0 atom stereocenters. The summed E-state index contributed by atoms with van der Waals surface area (Å²) in [6.45, 7) is 0. The van der Waals surface area contributed by atoms with Crippen molar-refractivity contribution in [2.45, 2.75) is 0 Å². The van der Waals surface area contributed by atoms with Gasteiger partial charge in [-0.2, -0.15) is 0 Å². The highest BCUT2D eigenvalue weighted by atomic mass is 16.3. The van der Waals surface area contributed by atoms with Gasteiger partial charge in [0.15, 0.2) is 11.4 Å². The lowest BCUT2D eigenvalue weighted by molar-refractivity contribution is 0.667. The van der Waals surface area contributed by atoms with E-state index in [4.69, 9.17) is 18.8 Å². The topological polar surface area (TPSA) is 52.1 Å². The quantitative estimate of drug-likeness (QED) is 0.170. The van der Waals surface area contributed by atoms with E-state index >= 15 is 0 Å². The van der Waals surface area contributed by atoms with Crippen molar-refractivity contribution >= 4 is 76.3 Å². The monoisotopic (exact) mass is 714 g/mol. The predicted molar refractivity (Wildman–Crippen MR) is 231 cm³/mol. The second-order valence-electron chi connectivity index (χ2n) is 14.5. The summed E-state index contributed by atoms with van der Waals surface area (Å²) in [5, 5.41) is 10.8. The van der Waals surface area contributed by atoms with E-state index in [1.165, 1.54) is 37.9 Å². The lowest BCUT2D eigenvalue weighted by Crippen LogP contribution is -1.93. The molecule has 4 heteroatoms. The molecule has 0 N–H and O–H groups in total. The van der Waals surface area contributed by atoms with Crippen molar-refractivity contribution in [3.05, 3.63) is 182 Å². The Balaban J connectivity index is 0.991. The molecular weight excluding hydrogens is 685 g/mol. The van der Waals surface area contributed by atoms with Gasteiger partial charge in [0.25, 0.3) is 0 Å². The van der Waals surface area contributed by atoms with Gasteiger partial charge in [0, 0.05) is 27.3 Å². The van der Waals surface area contributed by atoms with E-state index in [-0.39, 0.29) is 0 Å². The van der Waals surface area contributed by atoms with Gasteiger partial charge >= 0.3 is 0 Å². The van der Waals surface area contributed by atoms with Crippen molar-refractivity contribution in [3.63, 3.8) is 0 Å². The first-order valence-electron chi connectivity index (χ1n) is 18.9. The molecular formula is C52H30N2O2. The van der Waals surface area contributed by atoms with Gasteiger partial charge in [-0.05, 0) is 91.0 Å². The summed E-state index contributed by atoms with van der Waals surface area (Å²) in [7, 11) is 0. The summed E-state index contributed by atoms with van der Waals surface area (Å²) in [6, 6.07) is 63.9. The second kappa shape index (κ2) is 12.0. The zero-order valence-electron chi connectivity index (χ0n) is 30.0. The number of hydrogen-bond donors (Lipinski definition) is 0. The third-order valence-electron chi connectivity index (χ3n) is 11.3. The van der Waals surface area contributed by atoms with Crippen molar-refractivity contribution in [3.8, 4) is 44.9 Å². The third kappa shape index (κ3) is 4.66. The summed E-state index contributed by atoms with van der Waals surface area (Å²) < 4.78 is 13.2. The zero-order chi connectivity index (χ0) is 36.7. The van der Waals surface area contributed by atoms with Crippen LogP contribution in [-0.4, -0.2) is 9.97 Å². The first kappa shape index (κ1) is 30.9. The maximum absolute atomic E-state index is 6.62. The molecule has 0 unspecified atom stereocenters. The molecule has 9 aromatic carbocycles.